The number of nitrogens with zero attached hydrogens (tertiary/aromatic N) is 1. The predicted octanol–water partition coefficient (Wildman–Crippen LogP) is 1.36. The Kier molecular flexibility index (Phi) is 10.1. The van der Waals surface area contributed by atoms with Gasteiger partial charge in [-0.1, -0.05) is 60.7 Å². The largest absolute Gasteiger partial charge is 0.366 e. The van der Waals surface area contributed by atoms with Crippen LogP contribution < -0.4 is 16.0 Å². The van der Waals surface area contributed by atoms with Crippen LogP contribution in [-0.4, -0.2) is 77.0 Å². The van der Waals surface area contributed by atoms with Crippen LogP contribution in [0.25, 0.3) is 0 Å². The van der Waals surface area contributed by atoms with Crippen LogP contribution in [0.15, 0.2) is 60.7 Å². The van der Waals surface area contributed by atoms with Crippen LogP contribution in [-0.2, 0) is 22.4 Å². The summed E-state index contributed by atoms with van der Waals surface area (Å²) < 4.78 is 0. The minimum atomic E-state index is -1.59. The molecule has 2 aliphatic heterocycles. The summed E-state index contributed by atoms with van der Waals surface area (Å²) in [6, 6.07) is 18.6. The van der Waals surface area contributed by atoms with Gasteiger partial charge in [-0.15, -0.1) is 0 Å². The highest BCUT2D eigenvalue weighted by atomic mass is 16.5. The average molecular weight is 509 g/mol. The summed E-state index contributed by atoms with van der Waals surface area (Å²) in [7, 11) is 0. The van der Waals surface area contributed by atoms with Gasteiger partial charge in [-0.25, -0.2) is 0 Å². The first-order chi connectivity index (χ1) is 18.0. The van der Waals surface area contributed by atoms with Crippen molar-refractivity contribution in [3.63, 3.8) is 0 Å². The Morgan fingerprint density at radius 1 is 0.946 bits per heavy atom. The molecule has 2 saturated heterocycles. The number of aliphatic hydroxyl groups excluding tert-OH is 1. The molecule has 0 unspecified atom stereocenters. The van der Waals surface area contributed by atoms with Crippen molar-refractivity contribution in [1.82, 2.24) is 20.9 Å². The molecule has 200 valence electrons. The maximum atomic E-state index is 13.5. The van der Waals surface area contributed by atoms with Crippen molar-refractivity contribution < 1.29 is 19.8 Å². The van der Waals surface area contributed by atoms with Gasteiger partial charge in [-0.05, 0) is 49.8 Å². The SMILES string of the molecule is O=C(C[C@H](Cc1ccccc1)NC[C@@H]1CCCN1)N[C@@H](Cc1ccccc1)C(=O)N1CCC[C@H]1C(O)O. The van der Waals surface area contributed by atoms with Crippen molar-refractivity contribution in [2.75, 3.05) is 19.6 Å². The Labute approximate surface area is 219 Å². The Hall–Kier alpha value is -2.78. The number of hydrogen-bond donors (Lipinski definition) is 5. The first kappa shape index (κ1) is 27.3. The second-order valence-corrected chi connectivity index (χ2v) is 10.3. The van der Waals surface area contributed by atoms with Gasteiger partial charge in [0.1, 0.15) is 6.04 Å². The lowest BCUT2D eigenvalue weighted by Gasteiger charge is -2.30. The quantitative estimate of drug-likeness (QED) is 0.277. The van der Waals surface area contributed by atoms with Gasteiger partial charge in [0.05, 0.1) is 6.04 Å². The molecule has 2 fully saturated rings. The molecular formula is C29H40N4O4. The van der Waals surface area contributed by atoms with Gasteiger partial charge in [-0.3, -0.25) is 9.59 Å². The zero-order valence-corrected chi connectivity index (χ0v) is 21.4. The molecule has 2 aromatic carbocycles. The second-order valence-electron chi connectivity index (χ2n) is 10.3. The Morgan fingerprint density at radius 2 is 1.62 bits per heavy atom. The predicted molar refractivity (Wildman–Crippen MR) is 143 cm³/mol. The van der Waals surface area contributed by atoms with Crippen LogP contribution >= 0.6 is 0 Å². The molecule has 5 N–H and O–H groups in total. The molecule has 0 spiro atoms. The number of carbonyl (C=O) groups is 2. The zero-order chi connectivity index (χ0) is 26.0. The van der Waals surface area contributed by atoms with Crippen molar-refractivity contribution in [3.8, 4) is 0 Å². The van der Waals surface area contributed by atoms with Crippen molar-refractivity contribution in [2.24, 2.45) is 0 Å². The highest BCUT2D eigenvalue weighted by Gasteiger charge is 2.37. The van der Waals surface area contributed by atoms with Crippen LogP contribution in [0.5, 0.6) is 0 Å². The smallest absolute Gasteiger partial charge is 0.245 e. The third-order valence-corrected chi connectivity index (χ3v) is 7.41. The molecule has 4 atom stereocenters. The van der Waals surface area contributed by atoms with Crippen LogP contribution in [0.1, 0.15) is 43.2 Å². The number of likely N-dealkylation sites (tertiary alicyclic amines) is 1. The molecule has 0 saturated carbocycles. The van der Waals surface area contributed by atoms with E-state index in [2.05, 4.69) is 28.1 Å². The van der Waals surface area contributed by atoms with Gasteiger partial charge in [0, 0.05) is 38.0 Å². The van der Waals surface area contributed by atoms with E-state index < -0.39 is 18.4 Å². The topological polar surface area (TPSA) is 114 Å². The monoisotopic (exact) mass is 508 g/mol. The van der Waals surface area contributed by atoms with Gasteiger partial charge < -0.3 is 31.1 Å². The molecule has 2 aromatic rings. The molecular weight excluding hydrogens is 468 g/mol. The van der Waals surface area contributed by atoms with E-state index in [1.807, 2.05) is 48.5 Å². The number of aliphatic hydroxyl groups is 2. The van der Waals surface area contributed by atoms with Crippen molar-refractivity contribution in [3.05, 3.63) is 71.8 Å². The summed E-state index contributed by atoms with van der Waals surface area (Å²) in [6.07, 6.45) is 3.24. The Balaban J connectivity index is 1.44. The van der Waals surface area contributed by atoms with Crippen molar-refractivity contribution in [1.29, 1.82) is 0 Å². The van der Waals surface area contributed by atoms with Crippen LogP contribution in [0.2, 0.25) is 0 Å². The third-order valence-electron chi connectivity index (χ3n) is 7.41. The van der Waals surface area contributed by atoms with Crippen LogP contribution in [0, 0.1) is 0 Å². The van der Waals surface area contributed by atoms with Gasteiger partial charge in [0.2, 0.25) is 11.8 Å². The fourth-order valence-electron chi connectivity index (χ4n) is 5.46. The van der Waals surface area contributed by atoms with Gasteiger partial charge >= 0.3 is 0 Å². The second kappa shape index (κ2) is 13.7. The van der Waals surface area contributed by atoms with Gasteiger partial charge in [-0.2, -0.15) is 0 Å². The van der Waals surface area contributed by atoms with E-state index in [4.69, 9.17) is 0 Å². The number of rotatable bonds is 12. The van der Waals surface area contributed by atoms with E-state index in [-0.39, 0.29) is 24.3 Å². The van der Waals surface area contributed by atoms with E-state index in [0.717, 1.165) is 30.6 Å². The van der Waals surface area contributed by atoms with E-state index in [9.17, 15) is 19.8 Å². The van der Waals surface area contributed by atoms with E-state index >= 15 is 0 Å². The maximum absolute atomic E-state index is 13.5. The minimum Gasteiger partial charge on any atom is -0.366 e. The number of carbonyl (C=O) groups excluding carboxylic acids is 2. The molecule has 37 heavy (non-hydrogen) atoms. The molecule has 2 aliphatic rings. The summed E-state index contributed by atoms with van der Waals surface area (Å²) >= 11 is 0. The summed E-state index contributed by atoms with van der Waals surface area (Å²) in [4.78, 5) is 28.4. The number of amides is 2. The van der Waals surface area contributed by atoms with Crippen LogP contribution in [0.4, 0.5) is 0 Å². The molecule has 4 rings (SSSR count). The first-order valence-electron chi connectivity index (χ1n) is 13.5. The number of hydrogen-bond acceptors (Lipinski definition) is 6. The molecule has 8 nitrogen and oxygen atoms in total. The van der Waals surface area contributed by atoms with Crippen LogP contribution in [0.3, 0.4) is 0 Å². The molecule has 0 aliphatic carbocycles. The molecule has 2 amide bonds. The average Bonchev–Trinajstić information content (AvgIpc) is 3.60. The first-order valence-corrected chi connectivity index (χ1v) is 13.5. The fraction of sp³-hybridized carbons (Fsp3) is 0.517. The summed E-state index contributed by atoms with van der Waals surface area (Å²) in [5.41, 5.74) is 2.09. The standard InChI is InChI=1S/C29H40N4O4/c34-27(19-24(17-21-9-3-1-4-10-21)31-20-23-13-7-15-30-23)32-25(18-22-11-5-2-6-12-22)28(35)33-16-8-14-26(33)29(36)37/h1-6,9-12,23-26,29-31,36-37H,7-8,13-20H2,(H,32,34)/t23-,24-,25-,26-/m0/s1. The lowest BCUT2D eigenvalue weighted by Crippen LogP contribution is -2.54. The highest BCUT2D eigenvalue weighted by molar-refractivity contribution is 5.88. The minimum absolute atomic E-state index is 0.0731. The molecule has 0 bridgehead atoms. The molecule has 0 aromatic heterocycles. The number of nitrogens with one attached hydrogen (secondary N) is 3. The summed E-state index contributed by atoms with van der Waals surface area (Å²) in [5, 5.41) is 29.7. The third kappa shape index (κ3) is 8.10. The summed E-state index contributed by atoms with van der Waals surface area (Å²) in [5.74, 6) is -0.460. The zero-order valence-electron chi connectivity index (χ0n) is 21.4. The van der Waals surface area contributed by atoms with E-state index in [1.165, 1.54) is 11.3 Å². The van der Waals surface area contributed by atoms with Crippen molar-refractivity contribution in [2.45, 2.75) is 75.4 Å². The van der Waals surface area contributed by atoms with Gasteiger partial charge in [0.25, 0.3) is 0 Å². The Bertz CT molecular complexity index is 982. The maximum Gasteiger partial charge on any atom is 0.245 e. The van der Waals surface area contributed by atoms with Gasteiger partial charge in [0.15, 0.2) is 6.29 Å². The fourth-order valence-corrected chi connectivity index (χ4v) is 5.46. The lowest BCUT2D eigenvalue weighted by atomic mass is 10.0. The summed E-state index contributed by atoms with van der Waals surface area (Å²) in [6.45, 7) is 2.27. The van der Waals surface area contributed by atoms with Crippen molar-refractivity contribution >= 4 is 11.8 Å². The number of benzene rings is 2. The molecule has 8 heteroatoms. The van der Waals surface area contributed by atoms with E-state index in [1.54, 1.807) is 0 Å². The van der Waals surface area contributed by atoms with E-state index in [0.29, 0.717) is 38.3 Å². The highest BCUT2D eigenvalue weighted by Crippen LogP contribution is 2.21. The Morgan fingerprint density at radius 3 is 2.24 bits per heavy atom. The molecule has 0 radical (unpaired) electrons. The lowest BCUT2D eigenvalue weighted by molar-refractivity contribution is -0.146. The normalized spacial score (nSPS) is 21.2. The molecule has 2 heterocycles.